The SMILES string of the molecule is NCC(Cn1ncn(-c2cccc(-c3ccc4c(c3)OCO4)n2)c1=O)=C(F)F.O=C(O)C(F)(F)F. The Morgan fingerprint density at radius 3 is 2.46 bits per heavy atom. The third kappa shape index (κ3) is 6.00. The van der Waals surface area contributed by atoms with Gasteiger partial charge in [0.15, 0.2) is 11.5 Å². The van der Waals surface area contributed by atoms with Crippen LogP contribution < -0.4 is 20.9 Å². The van der Waals surface area contributed by atoms with E-state index in [1.165, 1.54) is 10.9 Å². The van der Waals surface area contributed by atoms with Crippen molar-refractivity contribution in [3.05, 3.63) is 64.9 Å². The molecule has 3 N–H and O–H groups in total. The van der Waals surface area contributed by atoms with Crippen molar-refractivity contribution in [2.45, 2.75) is 12.7 Å². The van der Waals surface area contributed by atoms with Crippen molar-refractivity contribution in [3.63, 3.8) is 0 Å². The average Bonchev–Trinajstić information content (AvgIpc) is 3.43. The highest BCUT2D eigenvalue weighted by atomic mass is 19.4. The Hall–Kier alpha value is -4.27. The molecule has 0 saturated carbocycles. The quantitative estimate of drug-likeness (QED) is 0.510. The van der Waals surface area contributed by atoms with Crippen molar-refractivity contribution in [2.75, 3.05) is 13.3 Å². The number of hydrogen-bond donors (Lipinski definition) is 2. The van der Waals surface area contributed by atoms with Crippen molar-refractivity contribution in [3.8, 4) is 28.6 Å². The summed E-state index contributed by atoms with van der Waals surface area (Å²) >= 11 is 0. The van der Waals surface area contributed by atoms with Crippen LogP contribution in [0.1, 0.15) is 0 Å². The number of carbonyl (C=O) groups is 1. The average molecular weight is 501 g/mol. The van der Waals surface area contributed by atoms with Crippen molar-refractivity contribution in [2.24, 2.45) is 5.73 Å². The lowest BCUT2D eigenvalue weighted by molar-refractivity contribution is -0.192. The molecule has 35 heavy (non-hydrogen) atoms. The normalized spacial score (nSPS) is 12.1. The van der Waals surface area contributed by atoms with E-state index in [0.29, 0.717) is 23.0 Å². The molecule has 0 atom stereocenters. The molecule has 1 aliphatic rings. The second kappa shape index (κ2) is 10.3. The Balaban J connectivity index is 0.000000429. The van der Waals surface area contributed by atoms with Gasteiger partial charge in [0.2, 0.25) is 6.79 Å². The second-order valence-corrected chi connectivity index (χ2v) is 6.76. The number of nitrogens with zero attached hydrogens (tertiary/aromatic N) is 4. The van der Waals surface area contributed by atoms with E-state index in [-0.39, 0.29) is 25.5 Å². The minimum absolute atomic E-state index is 0.166. The van der Waals surface area contributed by atoms with Gasteiger partial charge in [-0.1, -0.05) is 6.07 Å². The van der Waals surface area contributed by atoms with E-state index in [9.17, 15) is 26.7 Å². The Bertz CT molecular complexity index is 1310. The van der Waals surface area contributed by atoms with Gasteiger partial charge >= 0.3 is 17.8 Å². The maximum Gasteiger partial charge on any atom is 0.490 e. The fourth-order valence-electron chi connectivity index (χ4n) is 2.76. The molecule has 1 aromatic carbocycles. The van der Waals surface area contributed by atoms with Crippen LogP contribution in [0.15, 0.2) is 59.2 Å². The summed E-state index contributed by atoms with van der Waals surface area (Å²) in [7, 11) is 0. The molecule has 3 heterocycles. The molecule has 0 radical (unpaired) electrons. The molecule has 0 amide bonds. The van der Waals surface area contributed by atoms with Crippen molar-refractivity contribution in [1.29, 1.82) is 0 Å². The highest BCUT2D eigenvalue weighted by Gasteiger charge is 2.38. The summed E-state index contributed by atoms with van der Waals surface area (Å²) in [4.78, 5) is 25.9. The predicted molar refractivity (Wildman–Crippen MR) is 109 cm³/mol. The monoisotopic (exact) mass is 501 g/mol. The first kappa shape index (κ1) is 25.4. The molecular weight excluding hydrogens is 485 g/mol. The van der Waals surface area contributed by atoms with Gasteiger partial charge in [0, 0.05) is 17.7 Å². The largest absolute Gasteiger partial charge is 0.490 e. The van der Waals surface area contributed by atoms with Crippen LogP contribution in [0.2, 0.25) is 0 Å². The Labute approximate surface area is 192 Å². The van der Waals surface area contributed by atoms with Gasteiger partial charge in [-0.25, -0.2) is 23.8 Å². The van der Waals surface area contributed by atoms with Crippen LogP contribution in [0.3, 0.4) is 0 Å². The zero-order valence-corrected chi connectivity index (χ0v) is 17.5. The molecule has 0 aliphatic carbocycles. The number of ether oxygens (including phenoxy) is 2. The van der Waals surface area contributed by atoms with Crippen LogP contribution in [0, 0.1) is 0 Å². The minimum atomic E-state index is -5.08. The standard InChI is InChI=1S/C18H15F2N5O3.C2HF3O2/c19-17(20)12(7-21)8-25-18(26)24(9-22-25)16-3-1-2-13(23-16)11-4-5-14-15(6-11)28-10-27-14;3-2(4,5)1(6)7/h1-6,9H,7-8,10,21H2;(H,6,7). The molecule has 1 aliphatic heterocycles. The molecule has 0 unspecified atom stereocenters. The lowest BCUT2D eigenvalue weighted by Gasteiger charge is -2.06. The summed E-state index contributed by atoms with van der Waals surface area (Å²) in [6.07, 6.45) is -5.76. The minimum Gasteiger partial charge on any atom is -0.475 e. The molecule has 186 valence electrons. The van der Waals surface area contributed by atoms with E-state index in [1.807, 2.05) is 6.07 Å². The van der Waals surface area contributed by atoms with Crippen molar-refractivity contribution >= 4 is 5.97 Å². The molecule has 0 fully saturated rings. The smallest absolute Gasteiger partial charge is 0.475 e. The highest BCUT2D eigenvalue weighted by molar-refractivity contribution is 5.73. The van der Waals surface area contributed by atoms with Gasteiger partial charge < -0.3 is 20.3 Å². The van der Waals surface area contributed by atoms with Crippen LogP contribution in [0.4, 0.5) is 22.0 Å². The van der Waals surface area contributed by atoms with Gasteiger partial charge in [0.25, 0.3) is 6.08 Å². The molecule has 0 saturated heterocycles. The number of aliphatic carboxylic acids is 1. The fraction of sp³-hybridized carbons (Fsp3) is 0.200. The number of aromatic nitrogens is 4. The molecule has 15 heteroatoms. The number of benzene rings is 1. The summed E-state index contributed by atoms with van der Waals surface area (Å²) in [5.74, 6) is -1.18. The number of nitrogens with two attached hydrogens (primary N) is 1. The predicted octanol–water partition coefficient (Wildman–Crippen LogP) is 2.57. The summed E-state index contributed by atoms with van der Waals surface area (Å²) in [6.45, 7) is -0.578. The van der Waals surface area contributed by atoms with Gasteiger partial charge in [0.05, 0.1) is 12.2 Å². The van der Waals surface area contributed by atoms with Crippen molar-refractivity contribution < 1.29 is 41.3 Å². The van der Waals surface area contributed by atoms with Crippen LogP contribution in [0.25, 0.3) is 17.1 Å². The highest BCUT2D eigenvalue weighted by Crippen LogP contribution is 2.35. The fourth-order valence-corrected chi connectivity index (χ4v) is 2.76. The molecule has 4 rings (SSSR count). The zero-order valence-electron chi connectivity index (χ0n) is 17.5. The van der Waals surface area contributed by atoms with Gasteiger partial charge in [-0.05, 0) is 30.3 Å². The van der Waals surface area contributed by atoms with E-state index in [0.717, 1.165) is 10.2 Å². The van der Waals surface area contributed by atoms with Gasteiger partial charge in [-0.2, -0.15) is 27.1 Å². The topological polar surface area (TPSA) is 134 Å². The molecule has 0 spiro atoms. The number of hydrogen-bond acceptors (Lipinski definition) is 7. The number of alkyl halides is 3. The summed E-state index contributed by atoms with van der Waals surface area (Å²) in [5.41, 5.74) is 5.73. The lowest BCUT2D eigenvalue weighted by Crippen LogP contribution is -2.26. The van der Waals surface area contributed by atoms with E-state index < -0.39 is 23.9 Å². The third-order valence-corrected chi connectivity index (χ3v) is 4.48. The van der Waals surface area contributed by atoms with E-state index in [4.69, 9.17) is 25.1 Å². The zero-order chi connectivity index (χ0) is 25.8. The van der Waals surface area contributed by atoms with Gasteiger partial charge in [-0.15, -0.1) is 0 Å². The van der Waals surface area contributed by atoms with Crippen LogP contribution in [-0.2, 0) is 11.3 Å². The maximum atomic E-state index is 12.8. The van der Waals surface area contributed by atoms with Crippen LogP contribution in [0.5, 0.6) is 11.5 Å². The third-order valence-electron chi connectivity index (χ3n) is 4.48. The summed E-state index contributed by atoms with van der Waals surface area (Å²) in [6, 6.07) is 10.5. The van der Waals surface area contributed by atoms with E-state index in [2.05, 4.69) is 10.1 Å². The summed E-state index contributed by atoms with van der Waals surface area (Å²) in [5, 5.41) is 11.0. The Morgan fingerprint density at radius 1 is 1.14 bits per heavy atom. The summed E-state index contributed by atoms with van der Waals surface area (Å²) < 4.78 is 70.1. The number of carboxylic acid groups (broad SMARTS) is 1. The number of carboxylic acids is 1. The molecule has 10 nitrogen and oxygen atoms in total. The number of pyridine rings is 1. The Kier molecular flexibility index (Phi) is 7.49. The number of halogens is 5. The van der Waals surface area contributed by atoms with Crippen molar-refractivity contribution in [1.82, 2.24) is 19.3 Å². The molecule has 2 aromatic heterocycles. The maximum absolute atomic E-state index is 12.8. The van der Waals surface area contributed by atoms with Crippen LogP contribution in [-0.4, -0.2) is 49.9 Å². The first-order chi connectivity index (χ1) is 16.5. The Morgan fingerprint density at radius 2 is 1.83 bits per heavy atom. The first-order valence-corrected chi connectivity index (χ1v) is 9.56. The number of fused-ring (bicyclic) bond motifs is 1. The second-order valence-electron chi connectivity index (χ2n) is 6.76. The van der Waals surface area contributed by atoms with Crippen LogP contribution >= 0.6 is 0 Å². The lowest BCUT2D eigenvalue weighted by atomic mass is 10.1. The van der Waals surface area contributed by atoms with E-state index >= 15 is 0 Å². The molecular formula is C20H16F5N5O5. The molecule has 3 aromatic rings. The molecule has 0 bridgehead atoms. The van der Waals surface area contributed by atoms with Gasteiger partial charge in [-0.3, -0.25) is 0 Å². The van der Waals surface area contributed by atoms with Gasteiger partial charge in [0.1, 0.15) is 12.1 Å². The first-order valence-electron chi connectivity index (χ1n) is 9.56. The van der Waals surface area contributed by atoms with E-state index in [1.54, 1.807) is 30.3 Å². The number of rotatable bonds is 5.